The number of aliphatic hydroxyl groups excluding tert-OH is 1. The molecule has 0 amide bonds. The summed E-state index contributed by atoms with van der Waals surface area (Å²) in [5.41, 5.74) is 0.539. The summed E-state index contributed by atoms with van der Waals surface area (Å²) in [6, 6.07) is 2.37. The predicted molar refractivity (Wildman–Crippen MR) is 66.1 cm³/mol. The lowest BCUT2D eigenvalue weighted by molar-refractivity contribution is 0.208. The molecule has 2 aromatic rings. The van der Waals surface area contributed by atoms with Crippen molar-refractivity contribution in [2.75, 3.05) is 0 Å². The van der Waals surface area contributed by atoms with Crippen LogP contribution in [0, 0.1) is 18.6 Å². The van der Waals surface area contributed by atoms with Gasteiger partial charge < -0.3 is 5.11 Å². The van der Waals surface area contributed by atoms with Crippen LogP contribution in [-0.4, -0.2) is 14.9 Å². The van der Waals surface area contributed by atoms with Crippen LogP contribution < -0.4 is 0 Å². The minimum atomic E-state index is -1.38. The first-order chi connectivity index (χ1) is 8.41. The maximum atomic E-state index is 13.9. The Balaban J connectivity index is 2.56. The predicted octanol–water partition coefficient (Wildman–Crippen LogP) is 2.85. The third kappa shape index (κ3) is 2.18. The summed E-state index contributed by atoms with van der Waals surface area (Å²) in [4.78, 5) is 0. The minimum Gasteiger partial charge on any atom is -0.383 e. The van der Waals surface area contributed by atoms with Gasteiger partial charge in [-0.3, -0.25) is 4.68 Å². The van der Waals surface area contributed by atoms with E-state index in [4.69, 9.17) is 0 Å². The molecular formula is C12H11BrF2N2O. The lowest BCUT2D eigenvalue weighted by Crippen LogP contribution is -2.07. The summed E-state index contributed by atoms with van der Waals surface area (Å²) < 4.78 is 29.1. The van der Waals surface area contributed by atoms with Crippen LogP contribution in [0.15, 0.2) is 22.8 Å². The van der Waals surface area contributed by atoms with Crippen LogP contribution in [0.1, 0.15) is 22.9 Å². The zero-order valence-corrected chi connectivity index (χ0v) is 11.4. The number of aromatic nitrogens is 2. The lowest BCUT2D eigenvalue weighted by atomic mass is 10.0. The fourth-order valence-electron chi connectivity index (χ4n) is 1.84. The highest BCUT2D eigenvalue weighted by Crippen LogP contribution is 2.31. The van der Waals surface area contributed by atoms with E-state index in [0.29, 0.717) is 11.3 Å². The molecule has 1 aromatic heterocycles. The molecule has 0 aliphatic rings. The molecular weight excluding hydrogens is 306 g/mol. The van der Waals surface area contributed by atoms with Gasteiger partial charge in [-0.2, -0.15) is 5.10 Å². The normalized spacial score (nSPS) is 12.8. The van der Waals surface area contributed by atoms with E-state index in [2.05, 4.69) is 21.0 Å². The van der Waals surface area contributed by atoms with E-state index in [1.165, 1.54) is 10.7 Å². The molecule has 6 heteroatoms. The van der Waals surface area contributed by atoms with Gasteiger partial charge >= 0.3 is 0 Å². The average molecular weight is 317 g/mol. The van der Waals surface area contributed by atoms with Crippen molar-refractivity contribution < 1.29 is 13.9 Å². The van der Waals surface area contributed by atoms with E-state index in [-0.39, 0.29) is 10.0 Å². The monoisotopic (exact) mass is 316 g/mol. The molecule has 96 valence electrons. The lowest BCUT2D eigenvalue weighted by Gasteiger charge is -2.13. The topological polar surface area (TPSA) is 38.0 Å². The van der Waals surface area contributed by atoms with Gasteiger partial charge in [-0.25, -0.2) is 8.78 Å². The fraction of sp³-hybridized carbons (Fsp3) is 0.250. The summed E-state index contributed by atoms with van der Waals surface area (Å²) in [7, 11) is 1.68. The van der Waals surface area contributed by atoms with Crippen molar-refractivity contribution in [3.63, 3.8) is 0 Å². The molecule has 1 aromatic carbocycles. The molecule has 2 rings (SSSR count). The van der Waals surface area contributed by atoms with Crippen molar-refractivity contribution in [2.24, 2.45) is 7.05 Å². The van der Waals surface area contributed by atoms with E-state index in [1.807, 2.05) is 0 Å². The van der Waals surface area contributed by atoms with E-state index >= 15 is 0 Å². The molecule has 1 heterocycles. The van der Waals surface area contributed by atoms with Crippen LogP contribution >= 0.6 is 15.9 Å². The highest BCUT2D eigenvalue weighted by Gasteiger charge is 2.24. The van der Waals surface area contributed by atoms with Crippen LogP contribution in [0.2, 0.25) is 0 Å². The van der Waals surface area contributed by atoms with Gasteiger partial charge in [-0.1, -0.05) is 0 Å². The first-order valence-electron chi connectivity index (χ1n) is 5.23. The second-order valence-electron chi connectivity index (χ2n) is 4.00. The van der Waals surface area contributed by atoms with Crippen molar-refractivity contribution in [1.29, 1.82) is 0 Å². The van der Waals surface area contributed by atoms with Crippen LogP contribution in [0.25, 0.3) is 0 Å². The van der Waals surface area contributed by atoms with Crippen molar-refractivity contribution in [1.82, 2.24) is 9.78 Å². The third-order valence-electron chi connectivity index (χ3n) is 2.70. The average Bonchev–Trinajstić information content (AvgIpc) is 2.63. The summed E-state index contributed by atoms with van der Waals surface area (Å²) in [5.74, 6) is -1.59. The van der Waals surface area contributed by atoms with E-state index in [0.717, 1.165) is 6.07 Å². The molecule has 0 bridgehead atoms. The zero-order valence-electron chi connectivity index (χ0n) is 9.78. The van der Waals surface area contributed by atoms with Gasteiger partial charge in [-0.15, -0.1) is 0 Å². The first-order valence-corrected chi connectivity index (χ1v) is 6.02. The summed E-state index contributed by atoms with van der Waals surface area (Å²) in [6.45, 7) is 1.67. The largest absolute Gasteiger partial charge is 0.383 e. The standard InChI is InChI=1S/C12H11BrF2N2O/c1-6-7(5-17(2)16-6)12(18)10-9(14)4-3-8(13)11(10)15/h3-5,12,18H,1-2H3. The van der Waals surface area contributed by atoms with Gasteiger partial charge in [-0.05, 0) is 35.0 Å². The summed E-state index contributed by atoms with van der Waals surface area (Å²) >= 11 is 2.97. The third-order valence-corrected chi connectivity index (χ3v) is 3.31. The molecule has 0 saturated heterocycles. The smallest absolute Gasteiger partial charge is 0.146 e. The molecule has 3 nitrogen and oxygen atoms in total. The van der Waals surface area contributed by atoms with Crippen LogP contribution in [0.5, 0.6) is 0 Å². The Hall–Kier alpha value is -1.27. The maximum absolute atomic E-state index is 13.9. The molecule has 0 radical (unpaired) electrons. The molecule has 0 spiro atoms. The van der Waals surface area contributed by atoms with Crippen LogP contribution in [0.3, 0.4) is 0 Å². The Morgan fingerprint density at radius 2 is 2.06 bits per heavy atom. The van der Waals surface area contributed by atoms with Crippen molar-refractivity contribution in [3.8, 4) is 0 Å². The van der Waals surface area contributed by atoms with Gasteiger partial charge in [0.15, 0.2) is 0 Å². The first kappa shape index (κ1) is 13.2. The maximum Gasteiger partial charge on any atom is 0.146 e. The van der Waals surface area contributed by atoms with E-state index in [1.54, 1.807) is 20.2 Å². The molecule has 0 saturated carbocycles. The molecule has 18 heavy (non-hydrogen) atoms. The Labute approximate surface area is 111 Å². The van der Waals surface area contributed by atoms with Gasteiger partial charge in [0.2, 0.25) is 0 Å². The fourth-order valence-corrected chi connectivity index (χ4v) is 2.18. The Kier molecular flexibility index (Phi) is 3.49. The number of benzene rings is 1. The number of aryl methyl sites for hydroxylation is 2. The summed E-state index contributed by atoms with van der Waals surface area (Å²) in [5, 5.41) is 14.2. The van der Waals surface area contributed by atoms with E-state index in [9.17, 15) is 13.9 Å². The molecule has 1 N–H and O–H groups in total. The van der Waals surface area contributed by atoms with Crippen LogP contribution in [-0.2, 0) is 7.05 Å². The van der Waals surface area contributed by atoms with E-state index < -0.39 is 17.7 Å². The van der Waals surface area contributed by atoms with Crippen molar-refractivity contribution in [3.05, 3.63) is 51.3 Å². The summed E-state index contributed by atoms with van der Waals surface area (Å²) in [6.07, 6.45) is 0.163. The minimum absolute atomic E-state index is 0.111. The highest BCUT2D eigenvalue weighted by molar-refractivity contribution is 9.10. The SMILES string of the molecule is Cc1nn(C)cc1C(O)c1c(F)ccc(Br)c1F. The van der Waals surface area contributed by atoms with Crippen LogP contribution in [0.4, 0.5) is 8.78 Å². The molecule has 1 unspecified atom stereocenters. The number of nitrogens with zero attached hydrogens (tertiary/aromatic N) is 2. The highest BCUT2D eigenvalue weighted by atomic mass is 79.9. The molecule has 0 fully saturated rings. The Morgan fingerprint density at radius 1 is 1.39 bits per heavy atom. The second kappa shape index (κ2) is 4.78. The number of halogens is 3. The van der Waals surface area contributed by atoms with Crippen molar-refractivity contribution in [2.45, 2.75) is 13.0 Å². The number of hydrogen-bond acceptors (Lipinski definition) is 2. The number of hydrogen-bond donors (Lipinski definition) is 1. The van der Waals surface area contributed by atoms with Gasteiger partial charge in [0.1, 0.15) is 17.7 Å². The van der Waals surface area contributed by atoms with Crippen molar-refractivity contribution >= 4 is 15.9 Å². The number of aliphatic hydroxyl groups is 1. The van der Waals surface area contributed by atoms with Gasteiger partial charge in [0.25, 0.3) is 0 Å². The second-order valence-corrected chi connectivity index (χ2v) is 4.86. The molecule has 0 aliphatic carbocycles. The quantitative estimate of drug-likeness (QED) is 0.865. The zero-order chi connectivity index (χ0) is 13.4. The Bertz CT molecular complexity index is 598. The molecule has 1 atom stereocenters. The number of rotatable bonds is 2. The Morgan fingerprint density at radius 3 is 2.61 bits per heavy atom. The van der Waals surface area contributed by atoms with Gasteiger partial charge in [0, 0.05) is 18.8 Å². The van der Waals surface area contributed by atoms with Gasteiger partial charge in [0.05, 0.1) is 15.7 Å². The molecule has 0 aliphatic heterocycles.